The lowest BCUT2D eigenvalue weighted by Gasteiger charge is -2.18. The van der Waals surface area contributed by atoms with Gasteiger partial charge in [-0.2, -0.15) is 0 Å². The van der Waals surface area contributed by atoms with Gasteiger partial charge in [0.2, 0.25) is 0 Å². The Hall–Kier alpha value is -1.91. The molecule has 1 aromatic heterocycles. The number of hydrogen-bond acceptors (Lipinski definition) is 4. The van der Waals surface area contributed by atoms with Gasteiger partial charge in [0.05, 0.1) is 12.1 Å². The topological polar surface area (TPSA) is 60.2 Å². The average molecular weight is 271 g/mol. The molecule has 0 amide bonds. The number of nitrogens with two attached hydrogens (primary N) is 1. The highest BCUT2D eigenvalue weighted by Gasteiger charge is 2.12. The minimum absolute atomic E-state index is 0.0511. The molecule has 2 aromatic rings. The summed E-state index contributed by atoms with van der Waals surface area (Å²) in [7, 11) is 0. The third-order valence-corrected chi connectivity index (χ3v) is 3.01. The van der Waals surface area contributed by atoms with Gasteiger partial charge in [-0.3, -0.25) is 10.8 Å². The van der Waals surface area contributed by atoms with Crippen LogP contribution in [0.15, 0.2) is 42.6 Å². The molecule has 0 bridgehead atoms. The Labute approximate surface area is 120 Å². The van der Waals surface area contributed by atoms with Crippen molar-refractivity contribution in [2.75, 3.05) is 0 Å². The number of aryl methyl sites for hydroxylation is 1. The monoisotopic (exact) mass is 271 g/mol. The van der Waals surface area contributed by atoms with E-state index >= 15 is 0 Å². The number of hydrazine groups is 1. The Morgan fingerprint density at radius 2 is 1.80 bits per heavy atom. The Balaban J connectivity index is 2.23. The lowest BCUT2D eigenvalue weighted by atomic mass is 9.99. The molecule has 0 radical (unpaired) electrons. The number of nitrogens with one attached hydrogen (secondary N) is 1. The number of aromatic nitrogens is 1. The van der Waals surface area contributed by atoms with Crippen LogP contribution in [-0.4, -0.2) is 11.1 Å². The molecule has 0 aliphatic heterocycles. The summed E-state index contributed by atoms with van der Waals surface area (Å²) in [6.07, 6.45) is 1.97. The molecule has 2 rings (SSSR count). The van der Waals surface area contributed by atoms with E-state index < -0.39 is 0 Å². The van der Waals surface area contributed by atoms with E-state index in [4.69, 9.17) is 10.6 Å². The van der Waals surface area contributed by atoms with Crippen molar-refractivity contribution in [3.05, 3.63) is 59.4 Å². The van der Waals surface area contributed by atoms with Crippen molar-refractivity contribution in [2.24, 2.45) is 5.84 Å². The molecule has 1 atom stereocenters. The van der Waals surface area contributed by atoms with Crippen molar-refractivity contribution in [1.29, 1.82) is 0 Å². The Bertz CT molecular complexity index is 552. The number of pyridine rings is 1. The van der Waals surface area contributed by atoms with Crippen molar-refractivity contribution in [1.82, 2.24) is 10.4 Å². The normalized spacial score (nSPS) is 12.4. The molecule has 4 nitrogen and oxygen atoms in total. The van der Waals surface area contributed by atoms with Gasteiger partial charge < -0.3 is 4.74 Å². The van der Waals surface area contributed by atoms with Crippen molar-refractivity contribution < 1.29 is 4.74 Å². The third-order valence-electron chi connectivity index (χ3n) is 3.01. The van der Waals surface area contributed by atoms with Crippen LogP contribution in [0.25, 0.3) is 0 Å². The Morgan fingerprint density at radius 1 is 1.10 bits per heavy atom. The van der Waals surface area contributed by atoms with Crippen LogP contribution in [-0.2, 0) is 0 Å². The van der Waals surface area contributed by atoms with Gasteiger partial charge in [-0.15, -0.1) is 0 Å². The molecule has 3 N–H and O–H groups in total. The van der Waals surface area contributed by atoms with Gasteiger partial charge in [0.25, 0.3) is 0 Å². The average Bonchev–Trinajstić information content (AvgIpc) is 2.41. The second-order valence-corrected chi connectivity index (χ2v) is 5.07. The predicted molar refractivity (Wildman–Crippen MR) is 80.3 cm³/mol. The van der Waals surface area contributed by atoms with Gasteiger partial charge in [0, 0.05) is 11.9 Å². The molecule has 1 aromatic carbocycles. The van der Waals surface area contributed by atoms with E-state index in [-0.39, 0.29) is 12.1 Å². The van der Waals surface area contributed by atoms with Crippen LogP contribution in [0.4, 0.5) is 0 Å². The van der Waals surface area contributed by atoms with Gasteiger partial charge in [-0.1, -0.05) is 12.1 Å². The van der Waals surface area contributed by atoms with Crippen LogP contribution in [0, 0.1) is 6.92 Å². The lowest BCUT2D eigenvalue weighted by Crippen LogP contribution is -2.28. The first-order chi connectivity index (χ1) is 9.60. The maximum atomic E-state index is 5.70. The first-order valence-electron chi connectivity index (χ1n) is 6.75. The largest absolute Gasteiger partial charge is 0.491 e. The molecule has 0 saturated carbocycles. The summed E-state index contributed by atoms with van der Waals surface area (Å²) in [4.78, 5) is 4.21. The molecule has 4 heteroatoms. The maximum Gasteiger partial charge on any atom is 0.119 e. The van der Waals surface area contributed by atoms with E-state index in [0.29, 0.717) is 0 Å². The van der Waals surface area contributed by atoms with Gasteiger partial charge >= 0.3 is 0 Å². The Morgan fingerprint density at radius 3 is 2.35 bits per heavy atom. The number of nitrogens with zero attached hydrogens (tertiary/aromatic N) is 1. The van der Waals surface area contributed by atoms with Crippen molar-refractivity contribution >= 4 is 0 Å². The smallest absolute Gasteiger partial charge is 0.119 e. The SMILES string of the molecule is Cc1cc(C(NN)c2ccc(OC(C)C)cc2)ccn1. The first-order valence-corrected chi connectivity index (χ1v) is 6.75. The molecule has 0 aliphatic carbocycles. The minimum atomic E-state index is -0.0511. The minimum Gasteiger partial charge on any atom is -0.491 e. The van der Waals surface area contributed by atoms with E-state index in [1.165, 1.54) is 0 Å². The van der Waals surface area contributed by atoms with Crippen molar-refractivity contribution in [2.45, 2.75) is 32.9 Å². The summed E-state index contributed by atoms with van der Waals surface area (Å²) in [5.74, 6) is 6.57. The highest BCUT2D eigenvalue weighted by atomic mass is 16.5. The van der Waals surface area contributed by atoms with Crippen LogP contribution in [0.2, 0.25) is 0 Å². The number of rotatable bonds is 5. The highest BCUT2D eigenvalue weighted by molar-refractivity contribution is 5.35. The Kier molecular flexibility index (Phi) is 4.71. The fourth-order valence-corrected chi connectivity index (χ4v) is 2.14. The summed E-state index contributed by atoms with van der Waals surface area (Å²) < 4.78 is 5.65. The fraction of sp³-hybridized carbons (Fsp3) is 0.312. The molecule has 1 heterocycles. The summed E-state index contributed by atoms with van der Waals surface area (Å²) in [6.45, 7) is 5.99. The number of hydrogen-bond donors (Lipinski definition) is 2. The molecule has 106 valence electrons. The standard InChI is InChI=1S/C16H21N3O/c1-11(2)20-15-6-4-13(5-7-15)16(19-17)14-8-9-18-12(3)10-14/h4-11,16,19H,17H2,1-3H3. The van der Waals surface area contributed by atoms with E-state index in [9.17, 15) is 0 Å². The van der Waals surface area contributed by atoms with E-state index in [2.05, 4.69) is 10.4 Å². The second-order valence-electron chi connectivity index (χ2n) is 5.07. The van der Waals surface area contributed by atoms with Crippen LogP contribution >= 0.6 is 0 Å². The fourth-order valence-electron chi connectivity index (χ4n) is 2.14. The summed E-state index contributed by atoms with van der Waals surface area (Å²) >= 11 is 0. The van der Waals surface area contributed by atoms with E-state index in [1.54, 1.807) is 6.20 Å². The highest BCUT2D eigenvalue weighted by Crippen LogP contribution is 2.24. The molecule has 0 spiro atoms. The molecule has 1 unspecified atom stereocenters. The van der Waals surface area contributed by atoms with Crippen LogP contribution in [0.3, 0.4) is 0 Å². The summed E-state index contributed by atoms with van der Waals surface area (Å²) in [5, 5.41) is 0. The first kappa shape index (κ1) is 14.5. The molecule has 0 aliphatic rings. The zero-order valence-corrected chi connectivity index (χ0v) is 12.1. The van der Waals surface area contributed by atoms with Gasteiger partial charge in [-0.25, -0.2) is 5.43 Å². The zero-order chi connectivity index (χ0) is 14.5. The summed E-state index contributed by atoms with van der Waals surface area (Å²) in [5.41, 5.74) is 6.01. The van der Waals surface area contributed by atoms with Crippen LogP contribution in [0.5, 0.6) is 5.75 Å². The molecule has 0 saturated heterocycles. The van der Waals surface area contributed by atoms with Crippen molar-refractivity contribution in [3.8, 4) is 5.75 Å². The van der Waals surface area contributed by atoms with Crippen LogP contribution in [0.1, 0.15) is 36.7 Å². The second kappa shape index (κ2) is 6.50. The predicted octanol–water partition coefficient (Wildman–Crippen LogP) is 2.73. The van der Waals surface area contributed by atoms with E-state index in [1.807, 2.05) is 57.2 Å². The number of ether oxygens (including phenoxy) is 1. The van der Waals surface area contributed by atoms with Crippen LogP contribution < -0.4 is 16.0 Å². The number of benzene rings is 1. The zero-order valence-electron chi connectivity index (χ0n) is 12.1. The van der Waals surface area contributed by atoms with Gasteiger partial charge in [-0.05, 0) is 56.2 Å². The van der Waals surface area contributed by atoms with Gasteiger partial charge in [0.1, 0.15) is 5.75 Å². The molecular weight excluding hydrogens is 250 g/mol. The third kappa shape index (κ3) is 3.56. The van der Waals surface area contributed by atoms with E-state index in [0.717, 1.165) is 22.6 Å². The molecule has 0 fully saturated rings. The lowest BCUT2D eigenvalue weighted by molar-refractivity contribution is 0.242. The van der Waals surface area contributed by atoms with Gasteiger partial charge in [0.15, 0.2) is 0 Å². The maximum absolute atomic E-state index is 5.70. The van der Waals surface area contributed by atoms with Crippen molar-refractivity contribution in [3.63, 3.8) is 0 Å². The summed E-state index contributed by atoms with van der Waals surface area (Å²) in [6, 6.07) is 11.9. The quantitative estimate of drug-likeness (QED) is 0.648. The molecule has 20 heavy (non-hydrogen) atoms. The molecular formula is C16H21N3O.